The molecule has 0 bridgehead atoms. The fraction of sp³-hybridized carbons (Fsp3) is 0.273. The van der Waals surface area contributed by atoms with E-state index in [9.17, 15) is 8.42 Å². The Balaban J connectivity index is 1.37. The molecule has 8 nitrogen and oxygen atoms in total. The molecule has 2 aromatic carbocycles. The number of sulfonamides is 1. The lowest BCUT2D eigenvalue weighted by Crippen LogP contribution is -2.41. The minimum absolute atomic E-state index is 0.217. The molecule has 0 spiro atoms. The van der Waals surface area contributed by atoms with Crippen molar-refractivity contribution in [2.24, 2.45) is 0 Å². The zero-order chi connectivity index (χ0) is 22.4. The van der Waals surface area contributed by atoms with Gasteiger partial charge in [-0.2, -0.15) is 0 Å². The zero-order valence-electron chi connectivity index (χ0n) is 17.4. The number of hydrogen-bond donors (Lipinski definition) is 2. The fourth-order valence-corrected chi connectivity index (χ4v) is 4.58. The highest BCUT2D eigenvalue weighted by Crippen LogP contribution is 2.22. The van der Waals surface area contributed by atoms with Crippen LogP contribution in [0.4, 0.5) is 11.6 Å². The highest BCUT2D eigenvalue weighted by Gasteiger charge is 2.15. The monoisotopic (exact) mass is 517 g/mol. The van der Waals surface area contributed by atoms with Crippen molar-refractivity contribution in [3.63, 3.8) is 0 Å². The van der Waals surface area contributed by atoms with Gasteiger partial charge in [-0.15, -0.1) is 0 Å². The van der Waals surface area contributed by atoms with Crippen molar-refractivity contribution in [1.82, 2.24) is 19.6 Å². The van der Waals surface area contributed by atoms with Crippen molar-refractivity contribution in [3.8, 4) is 11.3 Å². The summed E-state index contributed by atoms with van der Waals surface area (Å²) < 4.78 is 34.1. The molecule has 0 radical (unpaired) electrons. The number of hydrogen-bond acceptors (Lipinski definition) is 7. The maximum absolute atomic E-state index is 12.6. The second kappa shape index (κ2) is 10.5. The summed E-state index contributed by atoms with van der Waals surface area (Å²) in [6.07, 6.45) is 1.68. The summed E-state index contributed by atoms with van der Waals surface area (Å²) in [4.78, 5) is 11.2. The molecule has 0 unspecified atom stereocenters. The summed E-state index contributed by atoms with van der Waals surface area (Å²) in [5.74, 6) is 0.435. The summed E-state index contributed by atoms with van der Waals surface area (Å²) in [6.45, 7) is 4.06. The maximum Gasteiger partial charge on any atom is 0.240 e. The van der Waals surface area contributed by atoms with Crippen molar-refractivity contribution < 1.29 is 13.2 Å². The van der Waals surface area contributed by atoms with Gasteiger partial charge in [-0.05, 0) is 42.5 Å². The van der Waals surface area contributed by atoms with Crippen molar-refractivity contribution >= 4 is 37.6 Å². The average molecular weight is 518 g/mol. The lowest BCUT2D eigenvalue weighted by Gasteiger charge is -2.26. The SMILES string of the molecule is O=S(=O)(NCCN1CCOCC1)c1ccc(Nc2nccc(-c3ccc(Br)cc3)n2)cc1. The predicted octanol–water partition coefficient (Wildman–Crippen LogP) is 3.26. The molecule has 168 valence electrons. The third kappa shape index (κ3) is 6.11. The van der Waals surface area contributed by atoms with E-state index in [0.29, 0.717) is 37.9 Å². The van der Waals surface area contributed by atoms with Crippen LogP contribution < -0.4 is 10.0 Å². The molecule has 0 saturated carbocycles. The van der Waals surface area contributed by atoms with E-state index < -0.39 is 10.0 Å². The van der Waals surface area contributed by atoms with Crippen molar-refractivity contribution in [2.45, 2.75) is 4.90 Å². The van der Waals surface area contributed by atoms with Crippen molar-refractivity contribution in [3.05, 3.63) is 65.3 Å². The predicted molar refractivity (Wildman–Crippen MR) is 127 cm³/mol. The molecule has 1 aromatic heterocycles. The maximum atomic E-state index is 12.6. The topological polar surface area (TPSA) is 96.5 Å². The lowest BCUT2D eigenvalue weighted by molar-refractivity contribution is 0.0390. The molecule has 1 fully saturated rings. The first kappa shape index (κ1) is 22.8. The molecule has 0 aliphatic carbocycles. The molecule has 2 heterocycles. The van der Waals surface area contributed by atoms with Gasteiger partial charge in [0.25, 0.3) is 0 Å². The van der Waals surface area contributed by atoms with Crippen LogP contribution in [0.3, 0.4) is 0 Å². The van der Waals surface area contributed by atoms with Crippen molar-refractivity contribution in [1.29, 1.82) is 0 Å². The number of anilines is 2. The average Bonchev–Trinajstić information content (AvgIpc) is 2.81. The molecule has 1 saturated heterocycles. The van der Waals surface area contributed by atoms with Crippen LogP contribution in [0.2, 0.25) is 0 Å². The van der Waals surface area contributed by atoms with Gasteiger partial charge in [0.15, 0.2) is 0 Å². The minimum Gasteiger partial charge on any atom is -0.379 e. The molecule has 1 aliphatic heterocycles. The summed E-state index contributed by atoms with van der Waals surface area (Å²) in [5, 5.41) is 3.13. The van der Waals surface area contributed by atoms with Gasteiger partial charge in [0.1, 0.15) is 0 Å². The standard InChI is InChI=1S/C22H24BrN5O3S/c23-18-3-1-17(2-4-18)21-9-10-24-22(27-21)26-19-5-7-20(8-6-19)32(29,30)25-11-12-28-13-15-31-16-14-28/h1-10,25H,11-16H2,(H,24,26,27). The van der Waals surface area contributed by atoms with E-state index >= 15 is 0 Å². The second-order valence-corrected chi connectivity index (χ2v) is 9.96. The number of ether oxygens (including phenoxy) is 1. The molecule has 32 heavy (non-hydrogen) atoms. The van der Waals surface area contributed by atoms with E-state index in [1.165, 1.54) is 0 Å². The molecule has 3 aromatic rings. The largest absolute Gasteiger partial charge is 0.379 e. The van der Waals surface area contributed by atoms with Gasteiger partial charge in [0.2, 0.25) is 16.0 Å². The molecule has 0 atom stereocenters. The summed E-state index contributed by atoms with van der Waals surface area (Å²) in [6, 6.07) is 16.2. The minimum atomic E-state index is -3.57. The molecule has 4 rings (SSSR count). The fourth-order valence-electron chi connectivity index (χ4n) is 3.29. The normalized spacial score (nSPS) is 14.9. The van der Waals surface area contributed by atoms with Crippen LogP contribution in [0.25, 0.3) is 11.3 Å². The number of benzene rings is 2. The number of morpholine rings is 1. The molecular weight excluding hydrogens is 494 g/mol. The molecular formula is C22H24BrN5O3S. The smallest absolute Gasteiger partial charge is 0.240 e. The molecule has 10 heteroatoms. The Labute approximate surface area is 196 Å². The van der Waals surface area contributed by atoms with E-state index in [1.807, 2.05) is 30.3 Å². The molecule has 2 N–H and O–H groups in total. The summed E-state index contributed by atoms with van der Waals surface area (Å²) in [5.41, 5.74) is 2.46. The highest BCUT2D eigenvalue weighted by atomic mass is 79.9. The van der Waals surface area contributed by atoms with E-state index in [1.54, 1.807) is 30.5 Å². The second-order valence-electron chi connectivity index (χ2n) is 7.27. The van der Waals surface area contributed by atoms with Gasteiger partial charge >= 0.3 is 0 Å². The highest BCUT2D eigenvalue weighted by molar-refractivity contribution is 9.10. The van der Waals surface area contributed by atoms with Gasteiger partial charge in [0.05, 0.1) is 23.8 Å². The van der Waals surface area contributed by atoms with Crippen LogP contribution in [0.15, 0.2) is 70.2 Å². The van der Waals surface area contributed by atoms with Crippen LogP contribution >= 0.6 is 15.9 Å². The third-order valence-electron chi connectivity index (χ3n) is 5.04. The molecule has 1 aliphatic rings. The summed E-state index contributed by atoms with van der Waals surface area (Å²) in [7, 11) is -3.57. The van der Waals surface area contributed by atoms with Gasteiger partial charge in [0, 0.05) is 48.1 Å². The quantitative estimate of drug-likeness (QED) is 0.473. The van der Waals surface area contributed by atoms with Gasteiger partial charge < -0.3 is 10.1 Å². The Morgan fingerprint density at radius 2 is 1.72 bits per heavy atom. The van der Waals surface area contributed by atoms with E-state index in [2.05, 4.69) is 40.8 Å². The summed E-state index contributed by atoms with van der Waals surface area (Å²) >= 11 is 3.43. The number of nitrogens with one attached hydrogen (secondary N) is 2. The first-order valence-corrected chi connectivity index (χ1v) is 12.5. The van der Waals surface area contributed by atoms with Crippen LogP contribution in [0, 0.1) is 0 Å². The van der Waals surface area contributed by atoms with Crippen LogP contribution in [-0.2, 0) is 14.8 Å². The first-order chi connectivity index (χ1) is 15.5. The zero-order valence-corrected chi connectivity index (χ0v) is 19.8. The number of halogens is 1. The van der Waals surface area contributed by atoms with E-state index in [-0.39, 0.29) is 4.90 Å². The van der Waals surface area contributed by atoms with Gasteiger partial charge in [-0.1, -0.05) is 28.1 Å². The lowest BCUT2D eigenvalue weighted by atomic mass is 10.1. The third-order valence-corrected chi connectivity index (χ3v) is 7.05. The molecule has 0 amide bonds. The Morgan fingerprint density at radius 3 is 2.44 bits per heavy atom. The Morgan fingerprint density at radius 1 is 1.00 bits per heavy atom. The van der Waals surface area contributed by atoms with Crippen LogP contribution in [0.1, 0.15) is 0 Å². The van der Waals surface area contributed by atoms with Crippen LogP contribution in [-0.4, -0.2) is 62.7 Å². The number of rotatable bonds is 8. The Kier molecular flexibility index (Phi) is 7.48. The Hall–Kier alpha value is -2.37. The first-order valence-electron chi connectivity index (χ1n) is 10.3. The van der Waals surface area contributed by atoms with E-state index in [0.717, 1.165) is 28.8 Å². The van der Waals surface area contributed by atoms with Gasteiger partial charge in [-0.3, -0.25) is 4.90 Å². The Bertz CT molecular complexity index is 1130. The number of aromatic nitrogens is 2. The van der Waals surface area contributed by atoms with Crippen LogP contribution in [0.5, 0.6) is 0 Å². The number of nitrogens with zero attached hydrogens (tertiary/aromatic N) is 3. The van der Waals surface area contributed by atoms with Gasteiger partial charge in [-0.25, -0.2) is 23.1 Å². The van der Waals surface area contributed by atoms with Crippen molar-refractivity contribution in [2.75, 3.05) is 44.7 Å². The van der Waals surface area contributed by atoms with E-state index in [4.69, 9.17) is 4.74 Å².